The van der Waals surface area contributed by atoms with E-state index in [-0.39, 0.29) is 6.10 Å². The number of nitrogens with zero attached hydrogens (tertiary/aromatic N) is 1. The zero-order chi connectivity index (χ0) is 21.6. The number of aryl methyl sites for hydroxylation is 1. The molecule has 1 saturated heterocycles. The summed E-state index contributed by atoms with van der Waals surface area (Å²) in [6.07, 6.45) is 11.0. The molecule has 168 valence electrons. The van der Waals surface area contributed by atoms with Gasteiger partial charge < -0.3 is 18.9 Å². The summed E-state index contributed by atoms with van der Waals surface area (Å²) in [5.41, 5.74) is 2.61. The van der Waals surface area contributed by atoms with Crippen LogP contribution < -0.4 is 9.47 Å². The fraction of sp³-hybridized carbons (Fsp3) is 0.600. The van der Waals surface area contributed by atoms with Crippen LogP contribution in [0.3, 0.4) is 0 Å². The zero-order valence-corrected chi connectivity index (χ0v) is 19.2. The monoisotopic (exact) mass is 417 g/mol. The highest BCUT2D eigenvalue weighted by atomic mass is 16.5. The third-order valence-electron chi connectivity index (χ3n) is 5.29. The predicted octanol–water partition coefficient (Wildman–Crippen LogP) is 4.66. The van der Waals surface area contributed by atoms with E-state index in [2.05, 4.69) is 49.1 Å². The van der Waals surface area contributed by atoms with Gasteiger partial charge in [-0.15, -0.1) is 0 Å². The minimum absolute atomic E-state index is 0.114. The van der Waals surface area contributed by atoms with Gasteiger partial charge in [0, 0.05) is 19.6 Å². The van der Waals surface area contributed by atoms with Gasteiger partial charge >= 0.3 is 0 Å². The summed E-state index contributed by atoms with van der Waals surface area (Å²) < 4.78 is 22.2. The van der Waals surface area contributed by atoms with Gasteiger partial charge in [-0.2, -0.15) is 0 Å². The maximum atomic E-state index is 6.05. The summed E-state index contributed by atoms with van der Waals surface area (Å²) in [6, 6.07) is 6.16. The van der Waals surface area contributed by atoms with Crippen LogP contribution in [0.25, 0.3) is 0 Å². The molecule has 0 amide bonds. The smallest absolute Gasteiger partial charge is 0.160 e. The van der Waals surface area contributed by atoms with Crippen LogP contribution in [0, 0.1) is 0 Å². The molecular formula is C25H39NO4. The number of hydrogen-bond acceptors (Lipinski definition) is 5. The SMILES string of the molecule is CC/C=C\C(=C/C(C)OCCN1CCOCC1)CCCc1ccc(OC)c(OC)c1. The number of allylic oxidation sites excluding steroid dienone is 3. The van der Waals surface area contributed by atoms with E-state index < -0.39 is 0 Å². The van der Waals surface area contributed by atoms with E-state index in [1.165, 1.54) is 11.1 Å². The van der Waals surface area contributed by atoms with Gasteiger partial charge in [0.2, 0.25) is 0 Å². The molecule has 0 spiro atoms. The second-order valence-corrected chi connectivity index (χ2v) is 7.63. The van der Waals surface area contributed by atoms with Crippen LogP contribution in [0.15, 0.2) is 42.0 Å². The Morgan fingerprint density at radius 2 is 1.93 bits per heavy atom. The minimum Gasteiger partial charge on any atom is -0.493 e. The first kappa shape index (κ1) is 24.4. The Hall–Kier alpha value is -1.82. The van der Waals surface area contributed by atoms with E-state index in [0.29, 0.717) is 0 Å². The first-order valence-electron chi connectivity index (χ1n) is 11.2. The lowest BCUT2D eigenvalue weighted by Gasteiger charge is -2.26. The lowest BCUT2D eigenvalue weighted by Crippen LogP contribution is -2.38. The highest BCUT2D eigenvalue weighted by Crippen LogP contribution is 2.28. The molecule has 0 radical (unpaired) electrons. The van der Waals surface area contributed by atoms with Crippen LogP contribution in [-0.4, -0.2) is 64.7 Å². The molecule has 0 aromatic heterocycles. The van der Waals surface area contributed by atoms with Crippen LogP contribution >= 0.6 is 0 Å². The standard InChI is InChI=1S/C25H39NO4/c1-5-6-8-22(19-21(2)30-18-15-26-13-16-29-17-14-26)9-7-10-23-11-12-24(27-3)25(20-23)28-4/h6,8,11-12,19-21H,5,7,9-10,13-18H2,1-4H3/b8-6-,22-19+. The molecule has 1 atom stereocenters. The molecule has 1 unspecified atom stereocenters. The van der Waals surface area contributed by atoms with Crippen molar-refractivity contribution < 1.29 is 18.9 Å². The maximum Gasteiger partial charge on any atom is 0.160 e. The van der Waals surface area contributed by atoms with Crippen molar-refractivity contribution in [2.75, 3.05) is 53.7 Å². The van der Waals surface area contributed by atoms with E-state index in [4.69, 9.17) is 18.9 Å². The molecule has 1 aliphatic heterocycles. The number of rotatable bonds is 13. The third kappa shape index (κ3) is 8.90. The molecular weight excluding hydrogens is 378 g/mol. The number of hydrogen-bond donors (Lipinski definition) is 0. The van der Waals surface area contributed by atoms with Crippen molar-refractivity contribution in [3.05, 3.63) is 47.6 Å². The number of ether oxygens (including phenoxy) is 4. The van der Waals surface area contributed by atoms with E-state index in [9.17, 15) is 0 Å². The van der Waals surface area contributed by atoms with Crippen LogP contribution in [0.1, 0.15) is 38.7 Å². The Kier molecular flexibility index (Phi) is 11.6. The Labute approximate surface area is 182 Å². The zero-order valence-electron chi connectivity index (χ0n) is 19.2. The van der Waals surface area contributed by atoms with Crippen LogP contribution in [0.4, 0.5) is 0 Å². The van der Waals surface area contributed by atoms with Crippen LogP contribution in [-0.2, 0) is 15.9 Å². The van der Waals surface area contributed by atoms with E-state index in [1.807, 2.05) is 6.07 Å². The lowest BCUT2D eigenvalue weighted by atomic mass is 10.0. The van der Waals surface area contributed by atoms with Gasteiger partial charge in [0.15, 0.2) is 11.5 Å². The van der Waals surface area contributed by atoms with Crippen molar-refractivity contribution in [1.29, 1.82) is 0 Å². The molecule has 5 heteroatoms. The van der Waals surface area contributed by atoms with Crippen molar-refractivity contribution in [1.82, 2.24) is 4.90 Å². The highest BCUT2D eigenvalue weighted by molar-refractivity contribution is 5.42. The normalized spacial score (nSPS) is 16.7. The average molecular weight is 418 g/mol. The Morgan fingerprint density at radius 3 is 2.63 bits per heavy atom. The quantitative estimate of drug-likeness (QED) is 0.437. The van der Waals surface area contributed by atoms with Gasteiger partial charge in [0.05, 0.1) is 40.1 Å². The fourth-order valence-electron chi connectivity index (χ4n) is 3.57. The van der Waals surface area contributed by atoms with Gasteiger partial charge in [-0.05, 0) is 55.9 Å². The van der Waals surface area contributed by atoms with Gasteiger partial charge in [-0.25, -0.2) is 0 Å². The van der Waals surface area contributed by atoms with E-state index in [0.717, 1.165) is 76.6 Å². The number of methoxy groups -OCH3 is 2. The Bertz CT molecular complexity index is 665. The Balaban J connectivity index is 1.82. The molecule has 30 heavy (non-hydrogen) atoms. The van der Waals surface area contributed by atoms with Crippen molar-refractivity contribution >= 4 is 0 Å². The predicted molar refractivity (Wildman–Crippen MR) is 123 cm³/mol. The first-order chi connectivity index (χ1) is 14.7. The average Bonchev–Trinajstić information content (AvgIpc) is 2.77. The molecule has 1 heterocycles. The molecule has 5 nitrogen and oxygen atoms in total. The molecule has 0 aliphatic carbocycles. The molecule has 1 aromatic rings. The molecule has 0 bridgehead atoms. The largest absolute Gasteiger partial charge is 0.493 e. The van der Waals surface area contributed by atoms with E-state index >= 15 is 0 Å². The number of benzene rings is 1. The second kappa shape index (κ2) is 14.2. The van der Waals surface area contributed by atoms with Crippen LogP contribution in [0.2, 0.25) is 0 Å². The molecule has 2 rings (SSSR count). The summed E-state index contributed by atoms with van der Waals surface area (Å²) in [5, 5.41) is 0. The van der Waals surface area contributed by atoms with Gasteiger partial charge in [-0.1, -0.05) is 31.2 Å². The number of morpholine rings is 1. The highest BCUT2D eigenvalue weighted by Gasteiger charge is 2.10. The minimum atomic E-state index is 0.114. The molecule has 1 fully saturated rings. The third-order valence-corrected chi connectivity index (χ3v) is 5.29. The fourth-order valence-corrected chi connectivity index (χ4v) is 3.57. The lowest BCUT2D eigenvalue weighted by molar-refractivity contribution is 0.0139. The Morgan fingerprint density at radius 1 is 1.17 bits per heavy atom. The molecule has 1 aromatic carbocycles. The van der Waals surface area contributed by atoms with Gasteiger partial charge in [0.25, 0.3) is 0 Å². The second-order valence-electron chi connectivity index (χ2n) is 7.63. The molecule has 1 aliphatic rings. The summed E-state index contributed by atoms with van der Waals surface area (Å²) in [4.78, 5) is 2.40. The van der Waals surface area contributed by atoms with E-state index in [1.54, 1.807) is 14.2 Å². The first-order valence-corrected chi connectivity index (χ1v) is 11.2. The molecule has 0 saturated carbocycles. The van der Waals surface area contributed by atoms with Gasteiger partial charge in [0.1, 0.15) is 0 Å². The van der Waals surface area contributed by atoms with Crippen LogP contribution in [0.5, 0.6) is 11.5 Å². The summed E-state index contributed by atoms with van der Waals surface area (Å²) in [7, 11) is 3.34. The van der Waals surface area contributed by atoms with Crippen molar-refractivity contribution in [3.8, 4) is 11.5 Å². The summed E-state index contributed by atoms with van der Waals surface area (Å²) in [5.74, 6) is 1.56. The van der Waals surface area contributed by atoms with Crippen molar-refractivity contribution in [3.63, 3.8) is 0 Å². The summed E-state index contributed by atoms with van der Waals surface area (Å²) in [6.45, 7) is 9.72. The topological polar surface area (TPSA) is 40.2 Å². The maximum absolute atomic E-state index is 6.05. The van der Waals surface area contributed by atoms with Crippen molar-refractivity contribution in [2.24, 2.45) is 0 Å². The van der Waals surface area contributed by atoms with Gasteiger partial charge in [-0.3, -0.25) is 4.90 Å². The molecule has 0 N–H and O–H groups in total. The van der Waals surface area contributed by atoms with Crippen molar-refractivity contribution in [2.45, 2.75) is 45.6 Å². The summed E-state index contributed by atoms with van der Waals surface area (Å²) >= 11 is 0.